The second-order valence-electron chi connectivity index (χ2n) is 5.83. The second kappa shape index (κ2) is 9.47. The van der Waals surface area contributed by atoms with E-state index in [0.29, 0.717) is 17.9 Å². The molecule has 1 amide bonds. The first-order chi connectivity index (χ1) is 11.6. The number of fused-ring (bicyclic) bond motifs is 1. The summed E-state index contributed by atoms with van der Waals surface area (Å²) in [5.74, 6) is -0.235. The number of hydrogen-bond donors (Lipinski definition) is 2. The summed E-state index contributed by atoms with van der Waals surface area (Å²) in [5.41, 5.74) is 7.58. The van der Waals surface area contributed by atoms with Gasteiger partial charge >= 0.3 is 0 Å². The van der Waals surface area contributed by atoms with Crippen LogP contribution in [-0.4, -0.2) is 38.5 Å². The van der Waals surface area contributed by atoms with Crippen molar-refractivity contribution in [1.29, 1.82) is 0 Å². The van der Waals surface area contributed by atoms with Crippen molar-refractivity contribution in [1.82, 2.24) is 25.3 Å². The van der Waals surface area contributed by atoms with Crippen molar-refractivity contribution in [3.05, 3.63) is 48.0 Å². The van der Waals surface area contributed by atoms with Crippen LogP contribution in [0.2, 0.25) is 0 Å². The number of carbonyl (C=O) groups excluding carboxylic acids is 1. The van der Waals surface area contributed by atoms with E-state index < -0.39 is 0 Å². The van der Waals surface area contributed by atoms with E-state index >= 15 is 0 Å². The lowest BCUT2D eigenvalue weighted by molar-refractivity contribution is 0.0947. The molecule has 0 aliphatic rings. The molecule has 140 valence electrons. The first kappa shape index (κ1) is 21.8. The maximum Gasteiger partial charge on any atom is 0.273 e. The summed E-state index contributed by atoms with van der Waals surface area (Å²) in [6.45, 7) is 4.26. The Bertz CT molecular complexity index is 875. The first-order valence-corrected chi connectivity index (χ1v) is 7.87. The Labute approximate surface area is 164 Å². The van der Waals surface area contributed by atoms with Gasteiger partial charge in [-0.3, -0.25) is 9.78 Å². The predicted octanol–water partition coefficient (Wildman–Crippen LogP) is 2.43. The number of amides is 1. The largest absolute Gasteiger partial charge is 0.351 e. The summed E-state index contributed by atoms with van der Waals surface area (Å²) < 4.78 is 1.68. The molecule has 0 aliphatic heterocycles. The highest BCUT2D eigenvalue weighted by molar-refractivity contribution is 5.94. The van der Waals surface area contributed by atoms with Crippen LogP contribution in [0, 0.1) is 6.92 Å². The van der Waals surface area contributed by atoms with Crippen LogP contribution in [0.5, 0.6) is 0 Å². The van der Waals surface area contributed by atoms with E-state index in [1.54, 1.807) is 17.1 Å². The van der Waals surface area contributed by atoms with Gasteiger partial charge in [0.15, 0.2) is 5.69 Å². The van der Waals surface area contributed by atoms with Crippen molar-refractivity contribution in [3.8, 4) is 5.69 Å². The summed E-state index contributed by atoms with van der Waals surface area (Å²) >= 11 is 0. The molecular formula is C17H22Cl2N6O. The third-order valence-electron chi connectivity index (χ3n) is 3.88. The number of pyridine rings is 1. The number of rotatable bonds is 5. The van der Waals surface area contributed by atoms with Crippen LogP contribution in [0.1, 0.15) is 29.5 Å². The average molecular weight is 397 g/mol. The Morgan fingerprint density at radius 1 is 1.31 bits per heavy atom. The van der Waals surface area contributed by atoms with E-state index in [4.69, 9.17) is 5.73 Å². The van der Waals surface area contributed by atoms with E-state index in [2.05, 4.69) is 20.6 Å². The number of hydrogen-bond acceptors (Lipinski definition) is 5. The zero-order valence-electron chi connectivity index (χ0n) is 14.5. The molecule has 3 rings (SSSR count). The first-order valence-electron chi connectivity index (χ1n) is 7.87. The van der Waals surface area contributed by atoms with Gasteiger partial charge in [0.2, 0.25) is 0 Å². The molecule has 0 saturated carbocycles. The topological polar surface area (TPSA) is 98.7 Å². The Morgan fingerprint density at radius 3 is 2.81 bits per heavy atom. The van der Waals surface area contributed by atoms with E-state index in [-0.39, 0.29) is 36.8 Å². The minimum absolute atomic E-state index is 0. The van der Waals surface area contributed by atoms with Crippen LogP contribution in [0.3, 0.4) is 0 Å². The molecule has 0 radical (unpaired) electrons. The standard InChI is InChI=1S/C17H20N6O.2ClH/c1-11(18)6-9-20-17(24)16-12(2)23(22-21-16)15-5-3-4-13-10-19-8-7-14(13)15;;/h3-5,7-8,10-11H,6,9,18H2,1-2H3,(H,20,24);2*1H. The summed E-state index contributed by atoms with van der Waals surface area (Å²) in [6.07, 6.45) is 4.25. The number of carbonyl (C=O) groups is 1. The molecule has 1 aromatic carbocycles. The second-order valence-corrected chi connectivity index (χ2v) is 5.83. The van der Waals surface area contributed by atoms with Gasteiger partial charge in [-0.05, 0) is 32.4 Å². The number of nitrogens with two attached hydrogens (primary N) is 1. The van der Waals surface area contributed by atoms with Crippen LogP contribution < -0.4 is 11.1 Å². The van der Waals surface area contributed by atoms with Crippen LogP contribution in [0.4, 0.5) is 0 Å². The zero-order valence-corrected chi connectivity index (χ0v) is 16.2. The smallest absolute Gasteiger partial charge is 0.273 e. The molecule has 0 spiro atoms. The Morgan fingerprint density at radius 2 is 2.08 bits per heavy atom. The maximum atomic E-state index is 12.3. The fourth-order valence-electron chi connectivity index (χ4n) is 2.56. The average Bonchev–Trinajstić information content (AvgIpc) is 2.95. The van der Waals surface area contributed by atoms with Crippen molar-refractivity contribution in [3.63, 3.8) is 0 Å². The number of nitrogens with one attached hydrogen (secondary N) is 1. The van der Waals surface area contributed by atoms with Crippen molar-refractivity contribution < 1.29 is 4.79 Å². The van der Waals surface area contributed by atoms with E-state index in [9.17, 15) is 4.79 Å². The lowest BCUT2D eigenvalue weighted by atomic mass is 10.1. The monoisotopic (exact) mass is 396 g/mol. The molecule has 9 heteroatoms. The zero-order chi connectivity index (χ0) is 17.1. The van der Waals surface area contributed by atoms with Gasteiger partial charge in [0.25, 0.3) is 5.91 Å². The summed E-state index contributed by atoms with van der Waals surface area (Å²) in [4.78, 5) is 16.4. The quantitative estimate of drug-likeness (QED) is 0.689. The van der Waals surface area contributed by atoms with Crippen LogP contribution in [-0.2, 0) is 0 Å². The van der Waals surface area contributed by atoms with Gasteiger partial charge in [0, 0.05) is 35.8 Å². The number of benzene rings is 1. The fraction of sp³-hybridized carbons (Fsp3) is 0.294. The minimum Gasteiger partial charge on any atom is -0.351 e. The number of nitrogens with zero attached hydrogens (tertiary/aromatic N) is 4. The van der Waals surface area contributed by atoms with Gasteiger partial charge in [0.1, 0.15) is 0 Å². The van der Waals surface area contributed by atoms with Crippen LogP contribution in [0.15, 0.2) is 36.7 Å². The molecule has 1 unspecified atom stereocenters. The van der Waals surface area contributed by atoms with Gasteiger partial charge in [0.05, 0.1) is 11.4 Å². The molecule has 2 heterocycles. The molecule has 0 fully saturated rings. The molecule has 26 heavy (non-hydrogen) atoms. The van der Waals surface area contributed by atoms with Crippen molar-refractivity contribution in [2.24, 2.45) is 5.73 Å². The molecule has 0 bridgehead atoms. The molecule has 1 atom stereocenters. The molecular weight excluding hydrogens is 375 g/mol. The van der Waals surface area contributed by atoms with Crippen LogP contribution in [0.25, 0.3) is 16.5 Å². The fourth-order valence-corrected chi connectivity index (χ4v) is 2.56. The SMILES string of the molecule is Cc1c(C(=O)NCCC(C)N)nnn1-c1cccc2cnccc12.Cl.Cl. The molecule has 3 aromatic rings. The molecule has 7 nitrogen and oxygen atoms in total. The highest BCUT2D eigenvalue weighted by atomic mass is 35.5. The van der Waals surface area contributed by atoms with Crippen molar-refractivity contribution in [2.45, 2.75) is 26.3 Å². The van der Waals surface area contributed by atoms with Crippen molar-refractivity contribution >= 4 is 41.5 Å². The third-order valence-corrected chi connectivity index (χ3v) is 3.88. The van der Waals surface area contributed by atoms with E-state index in [1.807, 2.05) is 38.1 Å². The normalized spacial score (nSPS) is 11.3. The Balaban J connectivity index is 0.00000169. The lowest BCUT2D eigenvalue weighted by Crippen LogP contribution is -2.29. The lowest BCUT2D eigenvalue weighted by Gasteiger charge is -2.08. The van der Waals surface area contributed by atoms with E-state index in [0.717, 1.165) is 22.9 Å². The summed E-state index contributed by atoms with van der Waals surface area (Å²) in [6, 6.07) is 7.84. The molecule has 0 aliphatic carbocycles. The molecule has 3 N–H and O–H groups in total. The van der Waals surface area contributed by atoms with Gasteiger partial charge in [-0.1, -0.05) is 17.3 Å². The highest BCUT2D eigenvalue weighted by Gasteiger charge is 2.18. The summed E-state index contributed by atoms with van der Waals surface area (Å²) in [5, 5.41) is 13.1. The predicted molar refractivity (Wildman–Crippen MR) is 106 cm³/mol. The van der Waals surface area contributed by atoms with Crippen LogP contribution >= 0.6 is 24.8 Å². The third kappa shape index (κ3) is 4.49. The van der Waals surface area contributed by atoms with Crippen molar-refractivity contribution in [2.75, 3.05) is 6.54 Å². The summed E-state index contributed by atoms with van der Waals surface area (Å²) in [7, 11) is 0. The molecule has 2 aromatic heterocycles. The van der Waals surface area contributed by atoms with Gasteiger partial charge < -0.3 is 11.1 Å². The number of aromatic nitrogens is 4. The highest BCUT2D eigenvalue weighted by Crippen LogP contribution is 2.22. The number of halogens is 2. The van der Waals surface area contributed by atoms with Gasteiger partial charge in [-0.25, -0.2) is 4.68 Å². The molecule has 0 saturated heterocycles. The van der Waals surface area contributed by atoms with E-state index in [1.165, 1.54) is 0 Å². The van der Waals surface area contributed by atoms with Gasteiger partial charge in [-0.2, -0.15) is 0 Å². The maximum absolute atomic E-state index is 12.3. The van der Waals surface area contributed by atoms with Gasteiger partial charge in [-0.15, -0.1) is 29.9 Å². The minimum atomic E-state index is -0.235. The Kier molecular flexibility index (Phi) is 7.95. The Hall–Kier alpha value is -2.22.